The van der Waals surface area contributed by atoms with Crippen molar-refractivity contribution in [1.82, 2.24) is 0 Å². The van der Waals surface area contributed by atoms with E-state index >= 15 is 0 Å². The van der Waals surface area contributed by atoms with Crippen LogP contribution in [0.4, 0.5) is 0 Å². The standard InChI is InChI=1S/C23H28O6/c1-23(2)26-14-17-20(29-23)21(18(24)22(25-3)27-17)28-19(15-10-6-4-7-11-15)16-12-8-5-9-13-16/h4-13,17-22,24H,14H2,1-3H3/t17-,18+,20-,21-,22+/m1/s1. The first kappa shape index (κ1) is 20.5. The van der Waals surface area contributed by atoms with E-state index in [4.69, 9.17) is 23.7 Å². The average molecular weight is 400 g/mol. The smallest absolute Gasteiger partial charge is 0.186 e. The summed E-state index contributed by atoms with van der Waals surface area (Å²) in [6.07, 6.45) is -3.74. The van der Waals surface area contributed by atoms with E-state index in [2.05, 4.69) is 0 Å². The van der Waals surface area contributed by atoms with Crippen LogP contribution >= 0.6 is 0 Å². The second-order valence-electron chi connectivity index (χ2n) is 7.86. The molecule has 156 valence electrons. The second-order valence-corrected chi connectivity index (χ2v) is 7.86. The van der Waals surface area contributed by atoms with Crippen molar-refractivity contribution >= 4 is 0 Å². The van der Waals surface area contributed by atoms with Crippen molar-refractivity contribution in [3.63, 3.8) is 0 Å². The summed E-state index contributed by atoms with van der Waals surface area (Å²) in [5.74, 6) is -0.791. The van der Waals surface area contributed by atoms with Crippen molar-refractivity contribution < 1.29 is 28.8 Å². The number of benzene rings is 2. The van der Waals surface area contributed by atoms with E-state index in [1.807, 2.05) is 74.5 Å². The Hall–Kier alpha value is -1.80. The fourth-order valence-corrected chi connectivity index (χ4v) is 3.93. The predicted octanol–water partition coefficient (Wildman–Crippen LogP) is 3.04. The number of methoxy groups -OCH3 is 1. The molecule has 6 heteroatoms. The minimum Gasteiger partial charge on any atom is -0.385 e. The van der Waals surface area contributed by atoms with Crippen LogP contribution in [0.2, 0.25) is 0 Å². The molecule has 0 amide bonds. The van der Waals surface area contributed by atoms with Gasteiger partial charge in [0.05, 0.1) is 6.61 Å². The van der Waals surface area contributed by atoms with Crippen LogP contribution in [0.3, 0.4) is 0 Å². The lowest BCUT2D eigenvalue weighted by Crippen LogP contribution is -2.65. The maximum absolute atomic E-state index is 11.0. The molecule has 2 aromatic carbocycles. The molecule has 2 fully saturated rings. The fourth-order valence-electron chi connectivity index (χ4n) is 3.93. The molecule has 2 saturated heterocycles. The Labute approximate surface area is 171 Å². The highest BCUT2D eigenvalue weighted by molar-refractivity contribution is 5.30. The van der Waals surface area contributed by atoms with Gasteiger partial charge in [-0.3, -0.25) is 0 Å². The SMILES string of the molecule is CO[C@H]1O[C@@H]2COC(C)(C)O[C@H]2[C@H](OC(c2ccccc2)c2ccccc2)[C@@H]1O. The predicted molar refractivity (Wildman–Crippen MR) is 106 cm³/mol. The highest BCUT2D eigenvalue weighted by atomic mass is 16.8. The summed E-state index contributed by atoms with van der Waals surface area (Å²) >= 11 is 0. The molecular formula is C23H28O6. The van der Waals surface area contributed by atoms with Gasteiger partial charge >= 0.3 is 0 Å². The average Bonchev–Trinajstić information content (AvgIpc) is 2.74. The van der Waals surface area contributed by atoms with Crippen LogP contribution in [0.5, 0.6) is 0 Å². The second kappa shape index (κ2) is 8.52. The number of aliphatic hydroxyl groups is 1. The van der Waals surface area contributed by atoms with Gasteiger partial charge in [0, 0.05) is 7.11 Å². The number of hydrogen-bond acceptors (Lipinski definition) is 6. The minimum absolute atomic E-state index is 0.339. The van der Waals surface area contributed by atoms with Crippen LogP contribution in [0, 0.1) is 0 Å². The molecule has 2 aliphatic heterocycles. The molecule has 0 radical (unpaired) electrons. The van der Waals surface area contributed by atoms with Crippen LogP contribution in [0.15, 0.2) is 60.7 Å². The first-order valence-electron chi connectivity index (χ1n) is 9.92. The molecular weight excluding hydrogens is 372 g/mol. The van der Waals surface area contributed by atoms with Gasteiger partial charge in [0.2, 0.25) is 0 Å². The van der Waals surface area contributed by atoms with Crippen LogP contribution < -0.4 is 0 Å². The molecule has 0 unspecified atom stereocenters. The van der Waals surface area contributed by atoms with Crippen molar-refractivity contribution in [2.75, 3.05) is 13.7 Å². The third kappa shape index (κ3) is 4.38. The zero-order valence-corrected chi connectivity index (χ0v) is 16.9. The maximum atomic E-state index is 11.0. The van der Waals surface area contributed by atoms with Crippen molar-refractivity contribution in [2.45, 2.75) is 56.4 Å². The van der Waals surface area contributed by atoms with Gasteiger partial charge in [-0.25, -0.2) is 0 Å². The van der Waals surface area contributed by atoms with Gasteiger partial charge < -0.3 is 28.8 Å². The first-order chi connectivity index (χ1) is 14.0. The summed E-state index contributed by atoms with van der Waals surface area (Å²) in [6.45, 7) is 4.04. The number of aliphatic hydroxyl groups excluding tert-OH is 1. The normalized spacial score (nSPS) is 31.4. The van der Waals surface area contributed by atoms with E-state index in [1.165, 1.54) is 7.11 Å². The lowest BCUT2D eigenvalue weighted by atomic mass is 9.95. The first-order valence-corrected chi connectivity index (χ1v) is 9.92. The summed E-state index contributed by atoms with van der Waals surface area (Å²) in [6, 6.07) is 19.9. The maximum Gasteiger partial charge on any atom is 0.186 e. The van der Waals surface area contributed by atoms with Gasteiger partial charge in [-0.1, -0.05) is 60.7 Å². The number of ether oxygens (including phenoxy) is 5. The molecule has 2 heterocycles. The Morgan fingerprint density at radius 1 is 1.00 bits per heavy atom. The summed E-state index contributed by atoms with van der Waals surface area (Å²) < 4.78 is 29.7. The minimum atomic E-state index is -1.01. The quantitative estimate of drug-likeness (QED) is 0.832. The Morgan fingerprint density at radius 2 is 1.59 bits per heavy atom. The van der Waals surface area contributed by atoms with Gasteiger partial charge in [-0.05, 0) is 25.0 Å². The third-order valence-corrected chi connectivity index (χ3v) is 5.36. The molecule has 2 aromatic rings. The molecule has 5 atom stereocenters. The van der Waals surface area contributed by atoms with Crippen LogP contribution in [0.1, 0.15) is 31.1 Å². The molecule has 1 N–H and O–H groups in total. The molecule has 6 nitrogen and oxygen atoms in total. The van der Waals surface area contributed by atoms with Gasteiger partial charge in [-0.15, -0.1) is 0 Å². The molecule has 0 bridgehead atoms. The van der Waals surface area contributed by atoms with E-state index in [9.17, 15) is 5.11 Å². The van der Waals surface area contributed by atoms with Crippen LogP contribution in [-0.2, 0) is 23.7 Å². The Balaban J connectivity index is 1.68. The van der Waals surface area contributed by atoms with Crippen LogP contribution in [-0.4, -0.2) is 55.3 Å². The highest BCUT2D eigenvalue weighted by Crippen LogP contribution is 2.37. The molecule has 0 aliphatic carbocycles. The Bertz CT molecular complexity index is 741. The molecule has 0 aromatic heterocycles. The zero-order valence-electron chi connectivity index (χ0n) is 16.9. The van der Waals surface area contributed by atoms with Gasteiger partial charge in [0.1, 0.15) is 30.5 Å². The van der Waals surface area contributed by atoms with Crippen molar-refractivity contribution in [1.29, 1.82) is 0 Å². The monoisotopic (exact) mass is 400 g/mol. The highest BCUT2D eigenvalue weighted by Gasteiger charge is 2.52. The van der Waals surface area contributed by atoms with Crippen LogP contribution in [0.25, 0.3) is 0 Å². The third-order valence-electron chi connectivity index (χ3n) is 5.36. The largest absolute Gasteiger partial charge is 0.385 e. The lowest BCUT2D eigenvalue weighted by molar-refractivity contribution is -0.385. The number of fused-ring (bicyclic) bond motifs is 1. The zero-order chi connectivity index (χ0) is 20.4. The Kier molecular flexibility index (Phi) is 6.01. The Morgan fingerprint density at radius 3 is 2.14 bits per heavy atom. The van der Waals surface area contributed by atoms with Gasteiger partial charge in [-0.2, -0.15) is 0 Å². The summed E-state index contributed by atoms with van der Waals surface area (Å²) in [4.78, 5) is 0. The summed E-state index contributed by atoms with van der Waals surface area (Å²) in [5, 5.41) is 11.0. The molecule has 0 spiro atoms. The van der Waals surface area contributed by atoms with Gasteiger partial charge in [0.15, 0.2) is 12.1 Å². The van der Waals surface area contributed by atoms with E-state index in [1.54, 1.807) is 0 Å². The van der Waals surface area contributed by atoms with E-state index in [0.29, 0.717) is 6.61 Å². The van der Waals surface area contributed by atoms with E-state index in [-0.39, 0.29) is 6.10 Å². The van der Waals surface area contributed by atoms with Crippen molar-refractivity contribution in [3.05, 3.63) is 71.8 Å². The number of hydrogen-bond donors (Lipinski definition) is 1. The summed E-state index contributed by atoms with van der Waals surface area (Å²) in [7, 11) is 1.51. The van der Waals surface area contributed by atoms with E-state index in [0.717, 1.165) is 11.1 Å². The van der Waals surface area contributed by atoms with E-state index < -0.39 is 36.5 Å². The topological polar surface area (TPSA) is 66.4 Å². The fraction of sp³-hybridized carbons (Fsp3) is 0.478. The number of rotatable bonds is 5. The molecule has 2 aliphatic rings. The van der Waals surface area contributed by atoms with Crippen molar-refractivity contribution in [3.8, 4) is 0 Å². The molecule has 4 rings (SSSR count). The molecule has 29 heavy (non-hydrogen) atoms. The van der Waals surface area contributed by atoms with Crippen molar-refractivity contribution in [2.24, 2.45) is 0 Å². The van der Waals surface area contributed by atoms with Gasteiger partial charge in [0.25, 0.3) is 0 Å². The lowest BCUT2D eigenvalue weighted by Gasteiger charge is -2.50. The summed E-state index contributed by atoms with van der Waals surface area (Å²) in [5.41, 5.74) is 1.99. The molecule has 0 saturated carbocycles.